The molecule has 0 aliphatic heterocycles. The van der Waals surface area contributed by atoms with E-state index >= 15 is 0 Å². The Morgan fingerprint density at radius 2 is 2.23 bits per heavy atom. The van der Waals surface area contributed by atoms with Gasteiger partial charge in [0.15, 0.2) is 0 Å². The molecule has 0 aliphatic rings. The van der Waals surface area contributed by atoms with Gasteiger partial charge in [-0.15, -0.1) is 0 Å². The lowest BCUT2D eigenvalue weighted by atomic mass is 10.3. The first-order valence-electron chi connectivity index (χ1n) is 3.75. The minimum Gasteiger partial charge on any atom is -0.481 e. The molecule has 0 atom stereocenters. The Hall–Kier alpha value is -1.35. The minimum absolute atomic E-state index is 0.544. The number of aromatic nitrogens is 2. The fraction of sp³-hybridized carbons (Fsp3) is 0.111. The Morgan fingerprint density at radius 3 is 3.00 bits per heavy atom. The third-order valence-electron chi connectivity index (χ3n) is 1.76. The molecule has 3 nitrogen and oxygen atoms in total. The van der Waals surface area contributed by atoms with Gasteiger partial charge >= 0.3 is 0 Å². The van der Waals surface area contributed by atoms with E-state index in [0.29, 0.717) is 10.9 Å². The highest BCUT2D eigenvalue weighted by molar-refractivity contribution is 6.35. The summed E-state index contributed by atoms with van der Waals surface area (Å²) in [5, 5.41) is 1.49. The van der Waals surface area contributed by atoms with Gasteiger partial charge in [-0.05, 0) is 6.07 Å². The second-order valence-electron chi connectivity index (χ2n) is 2.54. The molecular formula is C9H7ClN2O. The van der Waals surface area contributed by atoms with E-state index in [9.17, 15) is 0 Å². The van der Waals surface area contributed by atoms with Gasteiger partial charge in [-0.25, -0.2) is 4.98 Å². The van der Waals surface area contributed by atoms with Crippen LogP contribution in [0.3, 0.4) is 0 Å². The molecule has 2 rings (SSSR count). The van der Waals surface area contributed by atoms with Crippen molar-refractivity contribution in [2.45, 2.75) is 0 Å². The van der Waals surface area contributed by atoms with Crippen molar-refractivity contribution in [3.05, 3.63) is 29.5 Å². The predicted octanol–water partition coefficient (Wildman–Crippen LogP) is 2.29. The van der Waals surface area contributed by atoms with Gasteiger partial charge < -0.3 is 4.74 Å². The van der Waals surface area contributed by atoms with Crippen molar-refractivity contribution in [2.75, 3.05) is 7.11 Å². The summed E-state index contributed by atoms with van der Waals surface area (Å²) in [5.41, 5.74) is 0.791. The van der Waals surface area contributed by atoms with Gasteiger partial charge in [0.05, 0.1) is 17.6 Å². The van der Waals surface area contributed by atoms with Gasteiger partial charge in [0.2, 0.25) is 5.88 Å². The summed E-state index contributed by atoms with van der Waals surface area (Å²) >= 11 is 5.93. The van der Waals surface area contributed by atoms with E-state index in [1.54, 1.807) is 31.6 Å². The number of methoxy groups -OCH3 is 1. The first-order chi connectivity index (χ1) is 6.31. The predicted molar refractivity (Wildman–Crippen MR) is 51.1 cm³/mol. The van der Waals surface area contributed by atoms with Crippen LogP contribution in [-0.4, -0.2) is 17.1 Å². The number of ether oxygens (including phenoxy) is 1. The number of rotatable bonds is 1. The topological polar surface area (TPSA) is 35.0 Å². The summed E-state index contributed by atoms with van der Waals surface area (Å²) in [6.07, 6.45) is 3.31. The van der Waals surface area contributed by atoms with Crippen LogP contribution in [0.5, 0.6) is 5.88 Å². The van der Waals surface area contributed by atoms with E-state index < -0.39 is 0 Å². The minimum atomic E-state index is 0.544. The molecule has 2 aromatic heterocycles. The first kappa shape index (κ1) is 8.26. The lowest BCUT2D eigenvalue weighted by molar-refractivity contribution is 0.398. The molecule has 2 aromatic rings. The fourth-order valence-electron chi connectivity index (χ4n) is 1.10. The third-order valence-corrected chi connectivity index (χ3v) is 2.09. The Kier molecular flexibility index (Phi) is 2.02. The van der Waals surface area contributed by atoms with Crippen molar-refractivity contribution in [3.63, 3.8) is 0 Å². The molecule has 0 aliphatic carbocycles. The van der Waals surface area contributed by atoms with Gasteiger partial charge in [0, 0.05) is 23.8 Å². The zero-order chi connectivity index (χ0) is 9.26. The number of halogens is 1. The van der Waals surface area contributed by atoms with E-state index in [2.05, 4.69) is 9.97 Å². The molecule has 2 heterocycles. The summed E-state index contributed by atoms with van der Waals surface area (Å²) in [6.45, 7) is 0. The lowest BCUT2D eigenvalue weighted by Crippen LogP contribution is -1.88. The number of nitrogens with zero attached hydrogens (tertiary/aromatic N) is 2. The van der Waals surface area contributed by atoms with E-state index in [1.165, 1.54) is 0 Å². The van der Waals surface area contributed by atoms with Crippen LogP contribution in [0.1, 0.15) is 0 Å². The summed E-state index contributed by atoms with van der Waals surface area (Å²) < 4.78 is 4.97. The molecule has 0 aromatic carbocycles. The maximum absolute atomic E-state index is 5.93. The van der Waals surface area contributed by atoms with Crippen LogP contribution >= 0.6 is 11.6 Å². The molecular weight excluding hydrogens is 188 g/mol. The van der Waals surface area contributed by atoms with Crippen LogP contribution in [0, 0.1) is 0 Å². The monoisotopic (exact) mass is 194 g/mol. The average Bonchev–Trinajstić information content (AvgIpc) is 2.18. The van der Waals surface area contributed by atoms with E-state index in [0.717, 1.165) is 10.9 Å². The SMILES string of the molecule is COc1cc2nccc(Cl)c2cn1. The maximum Gasteiger partial charge on any atom is 0.215 e. The van der Waals surface area contributed by atoms with Crippen molar-refractivity contribution in [3.8, 4) is 5.88 Å². The van der Waals surface area contributed by atoms with Crippen LogP contribution in [0.15, 0.2) is 24.5 Å². The smallest absolute Gasteiger partial charge is 0.215 e. The molecule has 0 saturated heterocycles. The summed E-state index contributed by atoms with van der Waals surface area (Å²) in [5.74, 6) is 0.544. The van der Waals surface area contributed by atoms with Gasteiger partial charge in [-0.3, -0.25) is 4.98 Å². The first-order valence-corrected chi connectivity index (χ1v) is 4.13. The molecule has 13 heavy (non-hydrogen) atoms. The zero-order valence-corrected chi connectivity index (χ0v) is 7.75. The quantitative estimate of drug-likeness (QED) is 0.699. The fourth-order valence-corrected chi connectivity index (χ4v) is 1.30. The van der Waals surface area contributed by atoms with Crippen molar-refractivity contribution >= 4 is 22.5 Å². The van der Waals surface area contributed by atoms with Gasteiger partial charge in [0.1, 0.15) is 0 Å². The molecule has 0 amide bonds. The van der Waals surface area contributed by atoms with Crippen molar-refractivity contribution in [1.82, 2.24) is 9.97 Å². The Morgan fingerprint density at radius 1 is 1.38 bits per heavy atom. The average molecular weight is 195 g/mol. The van der Waals surface area contributed by atoms with Gasteiger partial charge in [-0.2, -0.15) is 0 Å². The second kappa shape index (κ2) is 3.18. The highest BCUT2D eigenvalue weighted by Gasteiger charge is 2.01. The van der Waals surface area contributed by atoms with Crippen molar-refractivity contribution in [1.29, 1.82) is 0 Å². The van der Waals surface area contributed by atoms with Crippen LogP contribution < -0.4 is 4.74 Å². The highest BCUT2D eigenvalue weighted by atomic mass is 35.5. The van der Waals surface area contributed by atoms with Crippen LogP contribution in [-0.2, 0) is 0 Å². The Bertz CT molecular complexity index is 445. The van der Waals surface area contributed by atoms with E-state index in [1.807, 2.05) is 0 Å². The standard InChI is InChI=1S/C9H7ClN2O/c1-13-9-4-8-6(5-12-9)7(10)2-3-11-8/h2-5H,1H3. The Labute approximate surface area is 80.3 Å². The Balaban J connectivity index is 2.72. The molecule has 0 saturated carbocycles. The molecule has 0 spiro atoms. The molecule has 4 heteroatoms. The molecule has 0 fully saturated rings. The normalized spacial score (nSPS) is 10.3. The molecule has 0 radical (unpaired) electrons. The van der Waals surface area contributed by atoms with Gasteiger partial charge in [-0.1, -0.05) is 11.6 Å². The van der Waals surface area contributed by atoms with Crippen LogP contribution in [0.25, 0.3) is 10.9 Å². The van der Waals surface area contributed by atoms with Crippen molar-refractivity contribution < 1.29 is 4.74 Å². The lowest BCUT2D eigenvalue weighted by Gasteiger charge is -2.01. The third kappa shape index (κ3) is 1.42. The van der Waals surface area contributed by atoms with Crippen LogP contribution in [0.2, 0.25) is 5.02 Å². The second-order valence-corrected chi connectivity index (χ2v) is 2.94. The molecule has 0 bridgehead atoms. The van der Waals surface area contributed by atoms with E-state index in [4.69, 9.17) is 16.3 Å². The van der Waals surface area contributed by atoms with Crippen molar-refractivity contribution in [2.24, 2.45) is 0 Å². The summed E-state index contributed by atoms with van der Waals surface area (Å²) in [7, 11) is 1.57. The zero-order valence-electron chi connectivity index (χ0n) is 6.99. The van der Waals surface area contributed by atoms with Crippen LogP contribution in [0.4, 0.5) is 0 Å². The van der Waals surface area contributed by atoms with E-state index in [-0.39, 0.29) is 0 Å². The number of fused-ring (bicyclic) bond motifs is 1. The highest BCUT2D eigenvalue weighted by Crippen LogP contribution is 2.22. The number of pyridine rings is 2. The maximum atomic E-state index is 5.93. The number of hydrogen-bond acceptors (Lipinski definition) is 3. The molecule has 0 N–H and O–H groups in total. The van der Waals surface area contributed by atoms with Gasteiger partial charge in [0.25, 0.3) is 0 Å². The summed E-state index contributed by atoms with van der Waals surface area (Å²) in [6, 6.07) is 3.49. The largest absolute Gasteiger partial charge is 0.481 e. The number of hydrogen-bond donors (Lipinski definition) is 0. The molecule has 0 unspecified atom stereocenters. The molecule has 66 valence electrons. The summed E-state index contributed by atoms with van der Waals surface area (Å²) in [4.78, 5) is 8.19.